The van der Waals surface area contributed by atoms with E-state index >= 15 is 0 Å². The van der Waals surface area contributed by atoms with Crippen LogP contribution in [-0.2, 0) is 26.2 Å². The molecule has 0 spiro atoms. The molecular formula is C11H18N4. The predicted octanol–water partition coefficient (Wildman–Crippen LogP) is 1.05. The molecule has 0 aliphatic carbocycles. The maximum Gasteiger partial charge on any atom is 0.0776 e. The molecule has 82 valence electrons. The van der Waals surface area contributed by atoms with Crippen LogP contribution >= 0.6 is 0 Å². The highest BCUT2D eigenvalue weighted by molar-refractivity contribution is 5.25. The minimum atomic E-state index is 0.888. The van der Waals surface area contributed by atoms with Gasteiger partial charge >= 0.3 is 0 Å². The number of nitrogens with one attached hydrogen (secondary N) is 1. The number of hydrogen-bond acceptors (Lipinski definition) is 4. The lowest BCUT2D eigenvalue weighted by atomic mass is 10.3. The third-order valence-corrected chi connectivity index (χ3v) is 2.63. The third kappa shape index (κ3) is 1.87. The summed E-state index contributed by atoms with van der Waals surface area (Å²) in [7, 11) is 2.10. The van der Waals surface area contributed by atoms with Gasteiger partial charge in [-0.15, -0.1) is 0 Å². The van der Waals surface area contributed by atoms with Crippen LogP contribution in [0, 0.1) is 0 Å². The predicted molar refractivity (Wildman–Crippen MR) is 59.1 cm³/mol. The van der Waals surface area contributed by atoms with Crippen LogP contribution in [0.1, 0.15) is 36.6 Å². The van der Waals surface area contributed by atoms with Crippen LogP contribution in [-0.4, -0.2) is 21.9 Å². The van der Waals surface area contributed by atoms with E-state index in [1.165, 1.54) is 11.4 Å². The number of rotatable bonds is 0. The average molecular weight is 206 g/mol. The van der Waals surface area contributed by atoms with Gasteiger partial charge in [-0.1, -0.05) is 13.8 Å². The lowest BCUT2D eigenvalue weighted by molar-refractivity contribution is 0.349. The molecule has 2 aliphatic rings. The molecule has 0 bridgehead atoms. The Bertz CT molecular complexity index is 329. The number of aromatic nitrogens is 2. The Morgan fingerprint density at radius 1 is 0.933 bits per heavy atom. The Morgan fingerprint density at radius 3 is 1.87 bits per heavy atom. The first-order chi connectivity index (χ1) is 7.33. The second kappa shape index (κ2) is 4.24. The molecule has 0 unspecified atom stereocenters. The molecule has 3 rings (SSSR count). The van der Waals surface area contributed by atoms with Crippen molar-refractivity contribution in [2.45, 2.75) is 40.0 Å². The van der Waals surface area contributed by atoms with Crippen LogP contribution in [0.15, 0.2) is 0 Å². The maximum absolute atomic E-state index is 4.62. The van der Waals surface area contributed by atoms with Crippen LogP contribution in [0.4, 0.5) is 0 Å². The van der Waals surface area contributed by atoms with Crippen molar-refractivity contribution < 1.29 is 0 Å². The fourth-order valence-corrected chi connectivity index (χ4v) is 1.99. The van der Waals surface area contributed by atoms with E-state index in [9.17, 15) is 0 Å². The largest absolute Gasteiger partial charge is 0.305 e. The van der Waals surface area contributed by atoms with E-state index in [0.29, 0.717) is 0 Å². The van der Waals surface area contributed by atoms with Gasteiger partial charge in [0.2, 0.25) is 0 Å². The number of hydrogen-bond donors (Lipinski definition) is 1. The molecule has 4 nitrogen and oxygen atoms in total. The van der Waals surface area contributed by atoms with Crippen LogP contribution in [0.2, 0.25) is 0 Å². The minimum absolute atomic E-state index is 0.888. The molecule has 0 atom stereocenters. The molecule has 1 N–H and O–H groups in total. The van der Waals surface area contributed by atoms with Crippen molar-refractivity contribution in [3.8, 4) is 0 Å². The molecule has 1 aromatic heterocycles. The summed E-state index contributed by atoms with van der Waals surface area (Å²) < 4.78 is 0. The third-order valence-electron chi connectivity index (χ3n) is 2.63. The summed E-state index contributed by atoms with van der Waals surface area (Å²) in [5.41, 5.74) is 4.64. The first kappa shape index (κ1) is 10.5. The smallest absolute Gasteiger partial charge is 0.0776 e. The molecule has 1 aromatic rings. The fraction of sp³-hybridized carbons (Fsp3) is 0.636. The summed E-state index contributed by atoms with van der Waals surface area (Å²) in [5, 5.41) is 3.26. The Kier molecular flexibility index (Phi) is 2.98. The lowest BCUT2D eigenvalue weighted by Crippen LogP contribution is -2.08. The first-order valence-electron chi connectivity index (χ1n) is 5.60. The summed E-state index contributed by atoms with van der Waals surface area (Å²) in [6, 6.07) is 0. The molecule has 0 radical (unpaired) electrons. The monoisotopic (exact) mass is 206 g/mol. The van der Waals surface area contributed by atoms with E-state index in [2.05, 4.69) is 27.2 Å². The molecule has 0 saturated heterocycles. The van der Waals surface area contributed by atoms with Gasteiger partial charge in [-0.3, -0.25) is 14.9 Å². The summed E-state index contributed by atoms with van der Waals surface area (Å²) in [6.07, 6.45) is 0. The van der Waals surface area contributed by atoms with Crippen molar-refractivity contribution in [3.05, 3.63) is 22.8 Å². The summed E-state index contributed by atoms with van der Waals surface area (Å²) in [5.74, 6) is 0. The van der Waals surface area contributed by atoms with Gasteiger partial charge in [0.25, 0.3) is 0 Å². The van der Waals surface area contributed by atoms with E-state index in [1.54, 1.807) is 0 Å². The van der Waals surface area contributed by atoms with Gasteiger partial charge in [0.1, 0.15) is 0 Å². The Balaban J connectivity index is 0.000000404. The van der Waals surface area contributed by atoms with Crippen molar-refractivity contribution in [2.75, 3.05) is 7.05 Å². The number of nitrogens with zero attached hydrogens (tertiary/aromatic N) is 3. The van der Waals surface area contributed by atoms with E-state index in [4.69, 9.17) is 0 Å². The fourth-order valence-electron chi connectivity index (χ4n) is 1.99. The van der Waals surface area contributed by atoms with Gasteiger partial charge < -0.3 is 5.32 Å². The van der Waals surface area contributed by atoms with Crippen LogP contribution in [0.5, 0.6) is 0 Å². The van der Waals surface area contributed by atoms with Crippen LogP contribution in [0.25, 0.3) is 0 Å². The molecule has 15 heavy (non-hydrogen) atoms. The molecule has 0 fully saturated rings. The molecule has 3 heterocycles. The van der Waals surface area contributed by atoms with Crippen molar-refractivity contribution in [3.63, 3.8) is 0 Å². The van der Waals surface area contributed by atoms with E-state index in [0.717, 1.165) is 37.6 Å². The second-order valence-electron chi connectivity index (χ2n) is 3.79. The molecule has 0 saturated carbocycles. The highest BCUT2D eigenvalue weighted by Crippen LogP contribution is 2.20. The van der Waals surface area contributed by atoms with Crippen molar-refractivity contribution in [1.82, 2.24) is 20.2 Å². The second-order valence-corrected chi connectivity index (χ2v) is 3.79. The molecule has 0 amide bonds. The van der Waals surface area contributed by atoms with Gasteiger partial charge in [0.15, 0.2) is 0 Å². The Labute approximate surface area is 90.7 Å². The van der Waals surface area contributed by atoms with E-state index in [1.807, 2.05) is 13.8 Å². The highest BCUT2D eigenvalue weighted by Gasteiger charge is 2.23. The zero-order valence-corrected chi connectivity index (χ0v) is 9.67. The standard InChI is InChI=1S/C9H12N4.C2H6/c1-13-4-8-9(5-13)12-7-3-10-2-6(7)11-8;1-2/h10H,2-5H2,1H3;1-2H3. The van der Waals surface area contributed by atoms with Gasteiger partial charge in [-0.2, -0.15) is 0 Å². The van der Waals surface area contributed by atoms with Crippen molar-refractivity contribution in [2.24, 2.45) is 0 Å². The minimum Gasteiger partial charge on any atom is -0.305 e. The molecule has 0 aromatic carbocycles. The Morgan fingerprint density at radius 2 is 1.40 bits per heavy atom. The molecular weight excluding hydrogens is 188 g/mol. The van der Waals surface area contributed by atoms with Crippen molar-refractivity contribution >= 4 is 0 Å². The average Bonchev–Trinajstić information content (AvgIpc) is 2.81. The summed E-state index contributed by atoms with van der Waals surface area (Å²) >= 11 is 0. The normalized spacial score (nSPS) is 18.1. The van der Waals surface area contributed by atoms with Gasteiger partial charge in [-0.05, 0) is 7.05 Å². The lowest BCUT2D eigenvalue weighted by Gasteiger charge is -2.01. The Hall–Kier alpha value is -1.00. The number of fused-ring (bicyclic) bond motifs is 2. The van der Waals surface area contributed by atoms with Crippen molar-refractivity contribution in [1.29, 1.82) is 0 Å². The van der Waals surface area contributed by atoms with Gasteiger partial charge in [-0.25, -0.2) is 0 Å². The molecule has 2 aliphatic heterocycles. The van der Waals surface area contributed by atoms with E-state index < -0.39 is 0 Å². The van der Waals surface area contributed by atoms with Gasteiger partial charge in [0, 0.05) is 26.2 Å². The SMILES string of the molecule is CC.CN1Cc2nc3c(nc2C1)CNC3. The summed E-state index contributed by atoms with van der Waals surface area (Å²) in [4.78, 5) is 11.5. The zero-order valence-electron chi connectivity index (χ0n) is 9.67. The first-order valence-corrected chi connectivity index (χ1v) is 5.60. The molecule has 4 heteroatoms. The maximum atomic E-state index is 4.62. The highest BCUT2D eigenvalue weighted by atomic mass is 15.2. The van der Waals surface area contributed by atoms with Crippen LogP contribution < -0.4 is 5.32 Å². The van der Waals surface area contributed by atoms with E-state index in [-0.39, 0.29) is 0 Å². The zero-order chi connectivity index (χ0) is 10.8. The quantitative estimate of drug-likeness (QED) is 0.689. The summed E-state index contributed by atoms with van der Waals surface area (Å²) in [6.45, 7) is 7.68. The van der Waals surface area contributed by atoms with Crippen LogP contribution in [0.3, 0.4) is 0 Å². The van der Waals surface area contributed by atoms with Gasteiger partial charge in [0.05, 0.1) is 22.8 Å². The topological polar surface area (TPSA) is 41.1 Å².